The number of nitrogens with zero attached hydrogens (tertiary/aromatic N) is 1. The molecule has 0 fully saturated rings. The number of benzene rings is 1. The Labute approximate surface area is 123 Å². The molecule has 3 N–H and O–H groups in total. The first-order chi connectivity index (χ1) is 9.69. The van der Waals surface area contributed by atoms with E-state index in [0.717, 1.165) is 11.4 Å². The highest BCUT2D eigenvalue weighted by Crippen LogP contribution is 2.19. The molecule has 0 aliphatic rings. The monoisotopic (exact) mass is 289 g/mol. The van der Waals surface area contributed by atoms with Crippen molar-refractivity contribution < 1.29 is 4.74 Å². The Bertz CT molecular complexity index is 566. The molecule has 0 amide bonds. The van der Waals surface area contributed by atoms with Crippen LogP contribution in [-0.2, 0) is 0 Å². The van der Waals surface area contributed by atoms with Gasteiger partial charge in [-0.1, -0.05) is 13.0 Å². The van der Waals surface area contributed by atoms with Crippen LogP contribution in [0.5, 0.6) is 5.75 Å². The van der Waals surface area contributed by atoms with Gasteiger partial charge in [0.1, 0.15) is 5.75 Å². The van der Waals surface area contributed by atoms with Crippen LogP contribution in [0.15, 0.2) is 46.1 Å². The number of guanidine groups is 1. The Balaban J connectivity index is 1.93. The van der Waals surface area contributed by atoms with Crippen LogP contribution < -0.4 is 15.8 Å². The minimum absolute atomic E-state index is 0.368. The number of thiophene rings is 1. The van der Waals surface area contributed by atoms with Gasteiger partial charge in [-0.2, -0.15) is 11.3 Å². The van der Waals surface area contributed by atoms with Crippen molar-refractivity contribution in [3.05, 3.63) is 46.7 Å². The van der Waals surface area contributed by atoms with Gasteiger partial charge in [0.05, 0.1) is 7.11 Å². The summed E-state index contributed by atoms with van der Waals surface area (Å²) in [5, 5.41) is 7.29. The first-order valence-electron chi connectivity index (χ1n) is 6.42. The fraction of sp³-hybridized carbons (Fsp3) is 0.267. The number of nitrogens with two attached hydrogens (primary N) is 1. The van der Waals surface area contributed by atoms with E-state index in [9.17, 15) is 0 Å². The van der Waals surface area contributed by atoms with Crippen LogP contribution in [0.2, 0.25) is 0 Å². The van der Waals surface area contributed by atoms with Gasteiger partial charge in [0.15, 0.2) is 5.96 Å². The molecule has 20 heavy (non-hydrogen) atoms. The third-order valence-electron chi connectivity index (χ3n) is 2.99. The molecule has 1 heterocycles. The first-order valence-corrected chi connectivity index (χ1v) is 7.36. The maximum absolute atomic E-state index is 5.90. The van der Waals surface area contributed by atoms with Crippen molar-refractivity contribution in [2.45, 2.75) is 12.8 Å². The quantitative estimate of drug-likeness (QED) is 0.656. The molecule has 0 saturated heterocycles. The van der Waals surface area contributed by atoms with Crippen molar-refractivity contribution in [3.63, 3.8) is 0 Å². The molecule has 1 atom stereocenters. The Hall–Kier alpha value is -2.01. The normalized spacial score (nSPS) is 13.0. The summed E-state index contributed by atoms with van der Waals surface area (Å²) < 4.78 is 5.16. The largest absolute Gasteiger partial charge is 0.497 e. The molecule has 1 aromatic carbocycles. The number of hydrogen-bond donors (Lipinski definition) is 2. The van der Waals surface area contributed by atoms with Gasteiger partial charge in [-0.25, -0.2) is 0 Å². The van der Waals surface area contributed by atoms with Crippen LogP contribution in [-0.4, -0.2) is 19.6 Å². The van der Waals surface area contributed by atoms with Crippen LogP contribution >= 0.6 is 11.3 Å². The van der Waals surface area contributed by atoms with Crippen molar-refractivity contribution in [3.8, 4) is 5.75 Å². The van der Waals surface area contributed by atoms with Gasteiger partial charge in [-0.3, -0.25) is 4.99 Å². The Morgan fingerprint density at radius 2 is 2.30 bits per heavy atom. The molecule has 0 radical (unpaired) electrons. The topological polar surface area (TPSA) is 59.6 Å². The van der Waals surface area contributed by atoms with Crippen molar-refractivity contribution in [2.24, 2.45) is 10.7 Å². The predicted octanol–water partition coefficient (Wildman–Crippen LogP) is 3.29. The van der Waals surface area contributed by atoms with Gasteiger partial charge < -0.3 is 15.8 Å². The van der Waals surface area contributed by atoms with Crippen LogP contribution in [0.25, 0.3) is 0 Å². The summed E-state index contributed by atoms with van der Waals surface area (Å²) in [7, 11) is 1.64. The third kappa shape index (κ3) is 3.99. The lowest BCUT2D eigenvalue weighted by molar-refractivity contribution is 0.415. The molecule has 4 nitrogen and oxygen atoms in total. The van der Waals surface area contributed by atoms with E-state index in [4.69, 9.17) is 10.5 Å². The van der Waals surface area contributed by atoms with E-state index in [2.05, 4.69) is 34.1 Å². The van der Waals surface area contributed by atoms with E-state index in [-0.39, 0.29) is 0 Å². The van der Waals surface area contributed by atoms with Crippen molar-refractivity contribution >= 4 is 23.0 Å². The standard InChI is InChI=1S/C15H19N3OS/c1-11(12-6-7-20-10-12)9-17-15(16)18-13-4-3-5-14(8-13)19-2/h3-8,10-11H,9H2,1-2H3,(H3,16,17,18). The maximum Gasteiger partial charge on any atom is 0.193 e. The van der Waals surface area contributed by atoms with Gasteiger partial charge in [0, 0.05) is 24.2 Å². The predicted molar refractivity (Wildman–Crippen MR) is 85.8 cm³/mol. The van der Waals surface area contributed by atoms with Gasteiger partial charge >= 0.3 is 0 Å². The molecule has 0 bridgehead atoms. The number of ether oxygens (including phenoxy) is 1. The lowest BCUT2D eigenvalue weighted by Crippen LogP contribution is -2.23. The Morgan fingerprint density at radius 3 is 3.00 bits per heavy atom. The lowest BCUT2D eigenvalue weighted by atomic mass is 10.1. The summed E-state index contributed by atoms with van der Waals surface area (Å²) in [6, 6.07) is 9.72. The van der Waals surface area contributed by atoms with Gasteiger partial charge in [0.2, 0.25) is 0 Å². The van der Waals surface area contributed by atoms with Crippen LogP contribution in [0, 0.1) is 0 Å². The van der Waals surface area contributed by atoms with Crippen LogP contribution in [0.1, 0.15) is 18.4 Å². The zero-order valence-corrected chi connectivity index (χ0v) is 12.5. The summed E-state index contributed by atoms with van der Waals surface area (Å²) in [4.78, 5) is 4.38. The highest BCUT2D eigenvalue weighted by molar-refractivity contribution is 7.07. The first kappa shape index (κ1) is 14.4. The fourth-order valence-electron chi connectivity index (χ4n) is 1.78. The van der Waals surface area contributed by atoms with Gasteiger partial charge in [-0.15, -0.1) is 0 Å². The highest BCUT2D eigenvalue weighted by Gasteiger charge is 2.05. The molecule has 1 aromatic heterocycles. The number of anilines is 1. The zero-order valence-electron chi connectivity index (χ0n) is 11.7. The molecule has 0 aliphatic heterocycles. The number of methoxy groups -OCH3 is 1. The van der Waals surface area contributed by atoms with Crippen molar-refractivity contribution in [1.29, 1.82) is 0 Å². The maximum atomic E-state index is 5.90. The summed E-state index contributed by atoms with van der Waals surface area (Å²) >= 11 is 1.70. The molecule has 2 rings (SSSR count). The van der Waals surface area contributed by atoms with Crippen molar-refractivity contribution in [1.82, 2.24) is 0 Å². The van der Waals surface area contributed by atoms with Crippen molar-refractivity contribution in [2.75, 3.05) is 19.0 Å². The Morgan fingerprint density at radius 1 is 1.45 bits per heavy atom. The number of nitrogens with one attached hydrogen (secondary N) is 1. The third-order valence-corrected chi connectivity index (χ3v) is 3.69. The number of hydrogen-bond acceptors (Lipinski definition) is 3. The van der Waals surface area contributed by atoms with E-state index in [1.165, 1.54) is 5.56 Å². The van der Waals surface area contributed by atoms with E-state index in [1.807, 2.05) is 24.3 Å². The molecular formula is C15H19N3OS. The molecule has 2 aromatic rings. The van der Waals surface area contributed by atoms with E-state index >= 15 is 0 Å². The molecule has 5 heteroatoms. The molecule has 1 unspecified atom stereocenters. The van der Waals surface area contributed by atoms with E-state index < -0.39 is 0 Å². The molecule has 106 valence electrons. The number of rotatable bonds is 5. The Kier molecular flexibility index (Phi) is 5.01. The second kappa shape index (κ2) is 6.96. The van der Waals surface area contributed by atoms with Gasteiger partial charge in [-0.05, 0) is 34.5 Å². The highest BCUT2D eigenvalue weighted by atomic mass is 32.1. The van der Waals surface area contributed by atoms with E-state index in [1.54, 1.807) is 18.4 Å². The molecular weight excluding hydrogens is 270 g/mol. The lowest BCUT2D eigenvalue weighted by Gasteiger charge is -2.09. The summed E-state index contributed by atoms with van der Waals surface area (Å²) in [6.07, 6.45) is 0. The van der Waals surface area contributed by atoms with Gasteiger partial charge in [0.25, 0.3) is 0 Å². The minimum atomic E-state index is 0.368. The second-order valence-electron chi connectivity index (χ2n) is 4.54. The summed E-state index contributed by atoms with van der Waals surface area (Å²) in [5.41, 5.74) is 8.07. The molecule has 0 aliphatic carbocycles. The summed E-state index contributed by atoms with van der Waals surface area (Å²) in [5.74, 6) is 1.57. The van der Waals surface area contributed by atoms with Crippen LogP contribution in [0.3, 0.4) is 0 Å². The smallest absolute Gasteiger partial charge is 0.193 e. The minimum Gasteiger partial charge on any atom is -0.497 e. The number of aliphatic imine (C=N–C) groups is 1. The zero-order chi connectivity index (χ0) is 14.4. The average molecular weight is 289 g/mol. The molecule has 0 saturated carbocycles. The average Bonchev–Trinajstić information content (AvgIpc) is 2.99. The molecule has 0 spiro atoms. The second-order valence-corrected chi connectivity index (χ2v) is 5.32. The SMILES string of the molecule is COc1cccc(NC(N)=NCC(C)c2ccsc2)c1. The van der Waals surface area contributed by atoms with E-state index in [0.29, 0.717) is 18.4 Å². The fourth-order valence-corrected chi connectivity index (χ4v) is 2.57. The summed E-state index contributed by atoms with van der Waals surface area (Å²) in [6.45, 7) is 2.81. The van der Waals surface area contributed by atoms with Crippen LogP contribution in [0.4, 0.5) is 5.69 Å².